The Bertz CT molecular complexity index is 1090. The highest BCUT2D eigenvalue weighted by Crippen LogP contribution is 2.27. The fraction of sp³-hybridized carbons (Fsp3) is 0.435. The van der Waals surface area contributed by atoms with Gasteiger partial charge in [0.1, 0.15) is 0 Å². The molecule has 0 bridgehead atoms. The number of amides is 2. The topological polar surface area (TPSA) is 110 Å². The minimum atomic E-state index is -3.65. The van der Waals surface area contributed by atoms with Crippen molar-refractivity contribution in [2.45, 2.75) is 43.9 Å². The minimum absolute atomic E-state index is 0.0743. The van der Waals surface area contributed by atoms with E-state index in [-0.39, 0.29) is 23.4 Å². The summed E-state index contributed by atoms with van der Waals surface area (Å²) in [5.74, 6) is -2.32. The van der Waals surface area contributed by atoms with E-state index in [1.54, 1.807) is 29.6 Å². The molecule has 1 aliphatic rings. The van der Waals surface area contributed by atoms with Crippen LogP contribution in [0.1, 0.15) is 48.8 Å². The summed E-state index contributed by atoms with van der Waals surface area (Å²) in [7, 11) is -3.65. The van der Waals surface area contributed by atoms with Crippen LogP contribution in [0.25, 0.3) is 0 Å². The average molecular weight is 493 g/mol. The number of piperidine rings is 1. The van der Waals surface area contributed by atoms with Crippen molar-refractivity contribution in [3.63, 3.8) is 0 Å². The van der Waals surface area contributed by atoms with Gasteiger partial charge in [-0.25, -0.2) is 8.42 Å². The lowest BCUT2D eigenvalue weighted by molar-refractivity contribution is -0.153. The normalized spacial score (nSPS) is 15.7. The Balaban J connectivity index is 1.49. The van der Waals surface area contributed by atoms with Gasteiger partial charge in [0, 0.05) is 13.1 Å². The van der Waals surface area contributed by atoms with Gasteiger partial charge in [-0.05, 0) is 47.4 Å². The Hall–Kier alpha value is -2.56. The summed E-state index contributed by atoms with van der Waals surface area (Å²) in [5.41, 5.74) is 0.971. The lowest BCUT2D eigenvalue weighted by atomic mass is 9.87. The molecule has 2 aromatic rings. The molecular weight excluding hydrogens is 464 g/mol. The van der Waals surface area contributed by atoms with Crippen LogP contribution in [0.4, 0.5) is 0 Å². The quantitative estimate of drug-likeness (QED) is 0.621. The number of benzene rings is 1. The van der Waals surface area contributed by atoms with Gasteiger partial charge < -0.3 is 4.74 Å². The first-order valence-electron chi connectivity index (χ1n) is 10.6. The number of nitrogens with one attached hydrogen (secondary N) is 1. The van der Waals surface area contributed by atoms with Crippen molar-refractivity contribution in [3.05, 3.63) is 52.2 Å². The zero-order valence-corrected chi connectivity index (χ0v) is 20.5. The maximum atomic E-state index is 13.0. The number of imide groups is 1. The van der Waals surface area contributed by atoms with Crippen LogP contribution < -0.4 is 5.32 Å². The number of sulfonamides is 1. The van der Waals surface area contributed by atoms with Crippen LogP contribution >= 0.6 is 11.3 Å². The van der Waals surface area contributed by atoms with Crippen LogP contribution in [0.3, 0.4) is 0 Å². The van der Waals surface area contributed by atoms with E-state index in [2.05, 4.69) is 26.1 Å². The SMILES string of the molecule is CC(C)(C)c1ccc(S(=O)(=O)N2CCC(C(=O)OCC(=O)NC(=O)c3cccs3)CC2)cc1. The predicted octanol–water partition coefficient (Wildman–Crippen LogP) is 2.95. The Morgan fingerprint density at radius 3 is 2.27 bits per heavy atom. The summed E-state index contributed by atoms with van der Waals surface area (Å²) in [4.78, 5) is 36.7. The smallest absolute Gasteiger partial charge is 0.309 e. The molecule has 0 unspecified atom stereocenters. The highest BCUT2D eigenvalue weighted by Gasteiger charge is 2.33. The van der Waals surface area contributed by atoms with E-state index in [9.17, 15) is 22.8 Å². The van der Waals surface area contributed by atoms with E-state index in [1.165, 1.54) is 15.6 Å². The predicted molar refractivity (Wildman–Crippen MR) is 124 cm³/mol. The average Bonchev–Trinajstić information content (AvgIpc) is 3.32. The molecule has 0 atom stereocenters. The van der Waals surface area contributed by atoms with Gasteiger partial charge >= 0.3 is 5.97 Å². The highest BCUT2D eigenvalue weighted by atomic mass is 32.2. The van der Waals surface area contributed by atoms with E-state index < -0.39 is 40.3 Å². The Morgan fingerprint density at radius 2 is 1.73 bits per heavy atom. The fourth-order valence-electron chi connectivity index (χ4n) is 3.49. The number of rotatable bonds is 6. The molecule has 1 fully saturated rings. The van der Waals surface area contributed by atoms with Gasteiger partial charge in [0.2, 0.25) is 10.0 Å². The summed E-state index contributed by atoms with van der Waals surface area (Å²) in [6.07, 6.45) is 0.599. The van der Waals surface area contributed by atoms with Crippen LogP contribution in [0, 0.1) is 5.92 Å². The lowest BCUT2D eigenvalue weighted by Crippen LogP contribution is -2.41. The third kappa shape index (κ3) is 6.27. The molecule has 0 spiro atoms. The summed E-state index contributed by atoms with van der Waals surface area (Å²) >= 11 is 1.20. The highest BCUT2D eigenvalue weighted by molar-refractivity contribution is 7.89. The molecule has 1 aromatic heterocycles. The Morgan fingerprint density at radius 1 is 1.09 bits per heavy atom. The second-order valence-corrected chi connectivity index (χ2v) is 11.8. The minimum Gasteiger partial charge on any atom is -0.455 e. The van der Waals surface area contributed by atoms with E-state index >= 15 is 0 Å². The number of hydrogen-bond donors (Lipinski definition) is 1. The summed E-state index contributed by atoms with van der Waals surface area (Å²) in [6.45, 7) is 6.00. The van der Waals surface area contributed by atoms with Crippen LogP contribution in [-0.2, 0) is 29.8 Å². The second-order valence-electron chi connectivity index (χ2n) is 8.92. The molecule has 1 aromatic carbocycles. The third-order valence-corrected chi connectivity index (χ3v) is 8.27. The zero-order valence-electron chi connectivity index (χ0n) is 18.9. The van der Waals surface area contributed by atoms with Gasteiger partial charge in [0.05, 0.1) is 15.7 Å². The van der Waals surface area contributed by atoms with Crippen LogP contribution in [0.15, 0.2) is 46.7 Å². The van der Waals surface area contributed by atoms with Crippen LogP contribution in [0.2, 0.25) is 0 Å². The number of carbonyl (C=O) groups is 3. The molecule has 0 radical (unpaired) electrons. The molecule has 8 nitrogen and oxygen atoms in total. The van der Waals surface area contributed by atoms with Gasteiger partial charge in [-0.2, -0.15) is 4.31 Å². The van der Waals surface area contributed by atoms with Crippen molar-refractivity contribution in [3.8, 4) is 0 Å². The Kier molecular flexibility index (Phi) is 7.71. The van der Waals surface area contributed by atoms with Crippen molar-refractivity contribution in [1.82, 2.24) is 9.62 Å². The van der Waals surface area contributed by atoms with Gasteiger partial charge in [0.15, 0.2) is 6.61 Å². The number of esters is 1. The van der Waals surface area contributed by atoms with Gasteiger partial charge in [-0.15, -0.1) is 11.3 Å². The molecule has 2 heterocycles. The molecule has 0 saturated carbocycles. The second kappa shape index (κ2) is 10.1. The molecule has 3 rings (SSSR count). The molecule has 10 heteroatoms. The number of thiophene rings is 1. The number of nitrogens with zero attached hydrogens (tertiary/aromatic N) is 1. The molecule has 2 amide bonds. The maximum absolute atomic E-state index is 13.0. The first-order valence-corrected chi connectivity index (χ1v) is 13.0. The number of hydrogen-bond acceptors (Lipinski definition) is 7. The van der Waals surface area contributed by atoms with Crippen molar-refractivity contribution in [2.24, 2.45) is 5.92 Å². The largest absolute Gasteiger partial charge is 0.455 e. The molecule has 1 aliphatic heterocycles. The van der Waals surface area contributed by atoms with Crippen molar-refractivity contribution in [1.29, 1.82) is 0 Å². The molecule has 1 saturated heterocycles. The van der Waals surface area contributed by atoms with Gasteiger partial charge in [0.25, 0.3) is 11.8 Å². The van der Waals surface area contributed by atoms with Crippen molar-refractivity contribution < 1.29 is 27.5 Å². The fourth-order valence-corrected chi connectivity index (χ4v) is 5.58. The van der Waals surface area contributed by atoms with Crippen LogP contribution in [0.5, 0.6) is 0 Å². The zero-order chi connectivity index (χ0) is 24.2. The van der Waals surface area contributed by atoms with Crippen molar-refractivity contribution in [2.75, 3.05) is 19.7 Å². The van der Waals surface area contributed by atoms with Crippen LogP contribution in [-0.4, -0.2) is 50.2 Å². The summed E-state index contributed by atoms with van der Waals surface area (Å²) in [6, 6.07) is 10.2. The van der Waals surface area contributed by atoms with E-state index in [0.29, 0.717) is 17.7 Å². The van der Waals surface area contributed by atoms with E-state index in [4.69, 9.17) is 4.74 Å². The van der Waals surface area contributed by atoms with Gasteiger partial charge in [-0.3, -0.25) is 19.7 Å². The van der Waals surface area contributed by atoms with Crippen molar-refractivity contribution >= 4 is 39.1 Å². The molecular formula is C23H28N2O6S2. The maximum Gasteiger partial charge on any atom is 0.309 e. The first kappa shape index (κ1) is 25.1. The summed E-state index contributed by atoms with van der Waals surface area (Å²) in [5, 5.41) is 3.88. The molecule has 178 valence electrons. The lowest BCUT2D eigenvalue weighted by Gasteiger charge is -2.30. The molecule has 0 aliphatic carbocycles. The molecule has 33 heavy (non-hydrogen) atoms. The summed E-state index contributed by atoms with van der Waals surface area (Å²) < 4.78 is 32.3. The number of carbonyl (C=O) groups excluding carboxylic acids is 3. The standard InChI is InChI=1S/C23H28N2O6S2/c1-23(2,3)17-6-8-18(9-7-17)33(29,30)25-12-10-16(11-13-25)22(28)31-15-20(26)24-21(27)19-5-4-14-32-19/h4-9,14,16H,10-13,15H2,1-3H3,(H,24,26,27). The first-order chi connectivity index (χ1) is 15.5. The Labute approximate surface area is 198 Å². The monoisotopic (exact) mass is 492 g/mol. The van der Waals surface area contributed by atoms with Gasteiger partial charge in [-0.1, -0.05) is 39.0 Å². The van der Waals surface area contributed by atoms with E-state index in [1.807, 2.05) is 12.1 Å². The van der Waals surface area contributed by atoms with E-state index in [0.717, 1.165) is 5.56 Å². The number of ether oxygens (including phenoxy) is 1. The third-order valence-electron chi connectivity index (χ3n) is 5.49. The molecule has 1 N–H and O–H groups in total.